The molecule has 102 valence electrons. The van der Waals surface area contributed by atoms with Crippen LogP contribution in [0.25, 0.3) is 6.08 Å². The zero-order valence-corrected chi connectivity index (χ0v) is 11.7. The molecule has 20 heavy (non-hydrogen) atoms. The van der Waals surface area contributed by atoms with Crippen molar-refractivity contribution >= 4 is 11.8 Å². The second-order valence-electron chi connectivity index (χ2n) is 5.29. The standard InChI is InChI=1S/C18H19NO/c1-13-11-18-15(12-17(13)19)8-10-16(20-18)9-7-14-5-3-2-4-6-14/h2-6,8,10-12,16H,7,9,19H2,1H3. The van der Waals surface area contributed by atoms with E-state index < -0.39 is 0 Å². The summed E-state index contributed by atoms with van der Waals surface area (Å²) < 4.78 is 6.05. The van der Waals surface area contributed by atoms with Gasteiger partial charge in [-0.05, 0) is 49.1 Å². The van der Waals surface area contributed by atoms with Crippen LogP contribution in [0.3, 0.4) is 0 Å². The highest BCUT2D eigenvalue weighted by atomic mass is 16.5. The lowest BCUT2D eigenvalue weighted by atomic mass is 10.0. The smallest absolute Gasteiger partial charge is 0.127 e. The first-order chi connectivity index (χ1) is 9.72. The molecule has 1 aliphatic heterocycles. The predicted molar refractivity (Wildman–Crippen MR) is 83.8 cm³/mol. The zero-order valence-electron chi connectivity index (χ0n) is 11.7. The molecule has 2 heteroatoms. The monoisotopic (exact) mass is 265 g/mol. The number of anilines is 1. The van der Waals surface area contributed by atoms with Crippen molar-refractivity contribution in [3.63, 3.8) is 0 Å². The van der Waals surface area contributed by atoms with Crippen LogP contribution in [0.5, 0.6) is 5.75 Å². The van der Waals surface area contributed by atoms with Crippen LogP contribution in [-0.2, 0) is 6.42 Å². The summed E-state index contributed by atoms with van der Waals surface area (Å²) in [5.41, 5.74) is 10.2. The topological polar surface area (TPSA) is 35.2 Å². The van der Waals surface area contributed by atoms with Gasteiger partial charge >= 0.3 is 0 Å². The van der Waals surface area contributed by atoms with E-state index in [1.54, 1.807) is 0 Å². The molecule has 0 fully saturated rings. The Morgan fingerprint density at radius 1 is 1.15 bits per heavy atom. The Morgan fingerprint density at radius 3 is 2.75 bits per heavy atom. The van der Waals surface area contributed by atoms with Crippen molar-refractivity contribution in [2.75, 3.05) is 5.73 Å². The van der Waals surface area contributed by atoms with E-state index in [2.05, 4.69) is 36.4 Å². The Hall–Kier alpha value is -2.22. The number of aryl methyl sites for hydroxylation is 2. The summed E-state index contributed by atoms with van der Waals surface area (Å²) in [6, 6.07) is 14.5. The summed E-state index contributed by atoms with van der Waals surface area (Å²) in [5.74, 6) is 0.942. The Balaban J connectivity index is 1.69. The van der Waals surface area contributed by atoms with Crippen molar-refractivity contribution in [2.24, 2.45) is 0 Å². The molecule has 2 aromatic carbocycles. The largest absolute Gasteiger partial charge is 0.486 e. The van der Waals surface area contributed by atoms with E-state index >= 15 is 0 Å². The van der Waals surface area contributed by atoms with Crippen LogP contribution in [0.1, 0.15) is 23.1 Å². The molecule has 1 unspecified atom stereocenters. The Kier molecular flexibility index (Phi) is 3.46. The average molecular weight is 265 g/mol. The first kappa shape index (κ1) is 12.8. The molecule has 0 amide bonds. The quantitative estimate of drug-likeness (QED) is 0.852. The van der Waals surface area contributed by atoms with Gasteiger partial charge in [-0.2, -0.15) is 0 Å². The number of rotatable bonds is 3. The van der Waals surface area contributed by atoms with Crippen molar-refractivity contribution in [2.45, 2.75) is 25.9 Å². The minimum absolute atomic E-state index is 0.144. The van der Waals surface area contributed by atoms with Gasteiger partial charge in [-0.3, -0.25) is 0 Å². The fourth-order valence-corrected chi connectivity index (χ4v) is 2.47. The molecular formula is C18H19NO. The molecule has 0 bridgehead atoms. The maximum absolute atomic E-state index is 6.05. The van der Waals surface area contributed by atoms with Crippen LogP contribution < -0.4 is 10.5 Å². The maximum atomic E-state index is 6.05. The van der Waals surface area contributed by atoms with Crippen molar-refractivity contribution in [3.05, 3.63) is 65.2 Å². The van der Waals surface area contributed by atoms with Crippen LogP contribution in [-0.4, -0.2) is 6.10 Å². The van der Waals surface area contributed by atoms with Crippen LogP contribution >= 0.6 is 0 Å². The summed E-state index contributed by atoms with van der Waals surface area (Å²) in [6.07, 6.45) is 6.40. The maximum Gasteiger partial charge on any atom is 0.127 e. The average Bonchev–Trinajstić information content (AvgIpc) is 2.47. The molecule has 0 aliphatic carbocycles. The normalized spacial score (nSPS) is 16.6. The summed E-state index contributed by atoms with van der Waals surface area (Å²) in [7, 11) is 0. The van der Waals surface area contributed by atoms with Gasteiger partial charge in [0.05, 0.1) is 0 Å². The third kappa shape index (κ3) is 2.69. The lowest BCUT2D eigenvalue weighted by molar-refractivity contribution is 0.235. The fourth-order valence-electron chi connectivity index (χ4n) is 2.47. The number of nitrogens with two attached hydrogens (primary N) is 1. The van der Waals surface area contributed by atoms with Gasteiger partial charge in [0, 0.05) is 11.3 Å². The molecule has 2 aromatic rings. The number of ether oxygens (including phenoxy) is 1. The molecular weight excluding hydrogens is 246 g/mol. The third-order valence-electron chi connectivity index (χ3n) is 3.73. The van der Waals surface area contributed by atoms with E-state index in [1.807, 2.05) is 25.1 Å². The summed E-state index contributed by atoms with van der Waals surface area (Å²) in [6.45, 7) is 2.01. The SMILES string of the molecule is Cc1cc2c(cc1N)C=CC(CCc1ccccc1)O2. The first-order valence-corrected chi connectivity index (χ1v) is 7.01. The Bertz CT molecular complexity index is 631. The van der Waals surface area contributed by atoms with Crippen LogP contribution in [0, 0.1) is 6.92 Å². The first-order valence-electron chi connectivity index (χ1n) is 7.01. The number of benzene rings is 2. The number of fused-ring (bicyclic) bond motifs is 1. The summed E-state index contributed by atoms with van der Waals surface area (Å²) in [4.78, 5) is 0. The van der Waals surface area contributed by atoms with Crippen LogP contribution in [0.4, 0.5) is 5.69 Å². The van der Waals surface area contributed by atoms with Gasteiger partial charge < -0.3 is 10.5 Å². The van der Waals surface area contributed by atoms with Gasteiger partial charge in [0.15, 0.2) is 0 Å². The van der Waals surface area contributed by atoms with Gasteiger partial charge in [0.1, 0.15) is 11.9 Å². The number of hydrogen-bond acceptors (Lipinski definition) is 2. The number of nitrogen functional groups attached to an aromatic ring is 1. The molecule has 0 saturated carbocycles. The highest BCUT2D eigenvalue weighted by molar-refractivity contribution is 5.66. The molecule has 2 N–H and O–H groups in total. The van der Waals surface area contributed by atoms with Gasteiger partial charge in [0.2, 0.25) is 0 Å². The summed E-state index contributed by atoms with van der Waals surface area (Å²) >= 11 is 0. The highest BCUT2D eigenvalue weighted by Gasteiger charge is 2.15. The molecule has 1 heterocycles. The molecule has 0 radical (unpaired) electrons. The van der Waals surface area contributed by atoms with Crippen molar-refractivity contribution in [1.82, 2.24) is 0 Å². The van der Waals surface area contributed by atoms with E-state index in [9.17, 15) is 0 Å². The lowest BCUT2D eigenvalue weighted by Crippen LogP contribution is -2.18. The second-order valence-corrected chi connectivity index (χ2v) is 5.29. The molecule has 3 rings (SSSR count). The van der Waals surface area contributed by atoms with Crippen molar-refractivity contribution in [1.29, 1.82) is 0 Å². The van der Waals surface area contributed by atoms with E-state index in [1.165, 1.54) is 5.56 Å². The summed E-state index contributed by atoms with van der Waals surface area (Å²) in [5, 5.41) is 0. The van der Waals surface area contributed by atoms with E-state index in [0.29, 0.717) is 0 Å². The molecule has 0 saturated heterocycles. The van der Waals surface area contributed by atoms with E-state index in [4.69, 9.17) is 10.5 Å². The predicted octanol–water partition coefficient (Wildman–Crippen LogP) is 3.98. The van der Waals surface area contributed by atoms with Gasteiger partial charge in [-0.15, -0.1) is 0 Å². The molecule has 1 aliphatic rings. The van der Waals surface area contributed by atoms with Crippen LogP contribution in [0.15, 0.2) is 48.5 Å². The molecule has 1 atom stereocenters. The number of hydrogen-bond donors (Lipinski definition) is 1. The van der Waals surface area contributed by atoms with E-state index in [0.717, 1.165) is 35.4 Å². The van der Waals surface area contributed by atoms with Crippen LogP contribution in [0.2, 0.25) is 0 Å². The fraction of sp³-hybridized carbons (Fsp3) is 0.222. The highest BCUT2D eigenvalue weighted by Crippen LogP contribution is 2.31. The van der Waals surface area contributed by atoms with Gasteiger partial charge in [-0.1, -0.05) is 36.4 Å². The minimum Gasteiger partial charge on any atom is -0.486 e. The third-order valence-corrected chi connectivity index (χ3v) is 3.73. The zero-order chi connectivity index (χ0) is 13.9. The second kappa shape index (κ2) is 5.41. The van der Waals surface area contributed by atoms with Gasteiger partial charge in [-0.25, -0.2) is 0 Å². The van der Waals surface area contributed by atoms with E-state index in [-0.39, 0.29) is 6.10 Å². The Morgan fingerprint density at radius 2 is 1.95 bits per heavy atom. The molecule has 0 aromatic heterocycles. The van der Waals surface area contributed by atoms with Crippen molar-refractivity contribution < 1.29 is 4.74 Å². The molecule has 2 nitrogen and oxygen atoms in total. The van der Waals surface area contributed by atoms with Gasteiger partial charge in [0.25, 0.3) is 0 Å². The molecule has 0 spiro atoms. The lowest BCUT2D eigenvalue weighted by Gasteiger charge is -2.22. The minimum atomic E-state index is 0.144. The van der Waals surface area contributed by atoms with Crippen molar-refractivity contribution in [3.8, 4) is 5.75 Å². The Labute approximate surface area is 119 Å².